The fourth-order valence-corrected chi connectivity index (χ4v) is 1.96. The average molecular weight is 224 g/mol. The number of halogens is 1. The molecule has 16 heavy (non-hydrogen) atoms. The van der Waals surface area contributed by atoms with E-state index >= 15 is 0 Å². The third-order valence-corrected chi connectivity index (χ3v) is 3.03. The molecule has 1 aromatic carbocycles. The van der Waals surface area contributed by atoms with Crippen LogP contribution in [0.5, 0.6) is 0 Å². The maximum absolute atomic E-state index is 13.6. The summed E-state index contributed by atoms with van der Waals surface area (Å²) in [6.45, 7) is 2.15. The summed E-state index contributed by atoms with van der Waals surface area (Å²) in [6.07, 6.45) is 1.02. The van der Waals surface area contributed by atoms with Crippen molar-refractivity contribution in [3.8, 4) is 0 Å². The van der Waals surface area contributed by atoms with E-state index in [4.69, 9.17) is 10.5 Å². The Kier molecular flexibility index (Phi) is 3.41. The summed E-state index contributed by atoms with van der Waals surface area (Å²) in [5.74, 6) is -0.231. The first-order valence-electron chi connectivity index (χ1n) is 5.48. The Labute approximate surface area is 95.0 Å². The molecule has 0 bridgehead atoms. The second-order valence-corrected chi connectivity index (χ2v) is 4.28. The van der Waals surface area contributed by atoms with Gasteiger partial charge in [-0.1, -0.05) is 6.07 Å². The van der Waals surface area contributed by atoms with Crippen molar-refractivity contribution in [2.24, 2.45) is 0 Å². The van der Waals surface area contributed by atoms with Crippen molar-refractivity contribution in [1.82, 2.24) is 4.90 Å². The van der Waals surface area contributed by atoms with Gasteiger partial charge in [0.1, 0.15) is 5.82 Å². The van der Waals surface area contributed by atoms with E-state index < -0.39 is 0 Å². The van der Waals surface area contributed by atoms with Crippen LogP contribution in [0.2, 0.25) is 0 Å². The van der Waals surface area contributed by atoms with Gasteiger partial charge >= 0.3 is 0 Å². The number of nitrogens with zero attached hydrogens (tertiary/aromatic N) is 1. The minimum Gasteiger partial charge on any atom is -0.399 e. The standard InChI is InChI=1S/C12H17FN2O/c1-15(11-4-5-16-8-11)7-9-2-3-10(14)6-12(9)13/h2-3,6,11H,4-5,7-8,14H2,1H3. The van der Waals surface area contributed by atoms with Crippen LogP contribution in [-0.4, -0.2) is 31.2 Å². The first-order valence-corrected chi connectivity index (χ1v) is 5.48. The number of anilines is 1. The molecule has 0 saturated carbocycles. The van der Waals surface area contributed by atoms with Crippen molar-refractivity contribution < 1.29 is 9.13 Å². The minimum atomic E-state index is -0.231. The van der Waals surface area contributed by atoms with Crippen molar-refractivity contribution in [3.63, 3.8) is 0 Å². The van der Waals surface area contributed by atoms with Crippen molar-refractivity contribution in [3.05, 3.63) is 29.6 Å². The molecule has 1 atom stereocenters. The summed E-state index contributed by atoms with van der Waals surface area (Å²) < 4.78 is 18.9. The lowest BCUT2D eigenvalue weighted by Gasteiger charge is -2.23. The van der Waals surface area contributed by atoms with Gasteiger partial charge in [-0.2, -0.15) is 0 Å². The molecule has 1 aliphatic rings. The van der Waals surface area contributed by atoms with Gasteiger partial charge in [0.25, 0.3) is 0 Å². The second-order valence-electron chi connectivity index (χ2n) is 4.28. The molecule has 0 aliphatic carbocycles. The first-order chi connectivity index (χ1) is 7.66. The zero-order valence-corrected chi connectivity index (χ0v) is 9.45. The predicted octanol–water partition coefficient (Wildman–Crippen LogP) is 1.63. The smallest absolute Gasteiger partial charge is 0.129 e. The van der Waals surface area contributed by atoms with Gasteiger partial charge in [-0.15, -0.1) is 0 Å². The lowest BCUT2D eigenvalue weighted by atomic mass is 10.1. The predicted molar refractivity (Wildman–Crippen MR) is 61.5 cm³/mol. The van der Waals surface area contributed by atoms with Gasteiger partial charge in [-0.05, 0) is 25.6 Å². The summed E-state index contributed by atoms with van der Waals surface area (Å²) in [7, 11) is 2.00. The number of hydrogen-bond donors (Lipinski definition) is 1. The topological polar surface area (TPSA) is 38.5 Å². The van der Waals surface area contributed by atoms with Crippen LogP contribution < -0.4 is 5.73 Å². The van der Waals surface area contributed by atoms with Crippen molar-refractivity contribution in [1.29, 1.82) is 0 Å². The van der Waals surface area contributed by atoms with Crippen LogP contribution in [0.15, 0.2) is 18.2 Å². The van der Waals surface area contributed by atoms with Crippen LogP contribution in [0.3, 0.4) is 0 Å². The van der Waals surface area contributed by atoms with E-state index in [0.29, 0.717) is 23.8 Å². The zero-order valence-electron chi connectivity index (χ0n) is 9.45. The first kappa shape index (κ1) is 11.4. The van der Waals surface area contributed by atoms with E-state index in [2.05, 4.69) is 4.90 Å². The Morgan fingerprint density at radius 2 is 2.38 bits per heavy atom. The molecule has 0 radical (unpaired) electrons. The van der Waals surface area contributed by atoms with Crippen LogP contribution in [0.25, 0.3) is 0 Å². The Balaban J connectivity index is 2.02. The molecule has 1 saturated heterocycles. The molecule has 1 aromatic rings. The molecule has 0 spiro atoms. The molecule has 0 aromatic heterocycles. The normalized spacial score (nSPS) is 20.6. The summed E-state index contributed by atoms with van der Waals surface area (Å²) in [4.78, 5) is 2.13. The fourth-order valence-electron chi connectivity index (χ4n) is 1.96. The number of benzene rings is 1. The van der Waals surface area contributed by atoms with E-state index in [9.17, 15) is 4.39 Å². The van der Waals surface area contributed by atoms with Crippen LogP contribution in [0.4, 0.5) is 10.1 Å². The van der Waals surface area contributed by atoms with Crippen LogP contribution in [0, 0.1) is 5.82 Å². The van der Waals surface area contributed by atoms with Crippen molar-refractivity contribution in [2.75, 3.05) is 26.0 Å². The third-order valence-electron chi connectivity index (χ3n) is 3.03. The highest BCUT2D eigenvalue weighted by molar-refractivity contribution is 5.40. The highest BCUT2D eigenvalue weighted by atomic mass is 19.1. The van der Waals surface area contributed by atoms with E-state index in [-0.39, 0.29) is 5.82 Å². The number of likely N-dealkylation sites (N-methyl/N-ethyl adjacent to an activating group) is 1. The summed E-state index contributed by atoms with van der Waals surface area (Å²) in [5.41, 5.74) is 6.66. The average Bonchev–Trinajstić information content (AvgIpc) is 2.75. The molecule has 1 aliphatic heterocycles. The Bertz CT molecular complexity index is 364. The molecule has 88 valence electrons. The second kappa shape index (κ2) is 4.80. The Morgan fingerprint density at radius 1 is 1.56 bits per heavy atom. The lowest BCUT2D eigenvalue weighted by molar-refractivity contribution is 0.155. The van der Waals surface area contributed by atoms with E-state index in [1.165, 1.54) is 6.07 Å². The SMILES string of the molecule is CN(Cc1ccc(N)cc1F)C1CCOC1. The van der Waals surface area contributed by atoms with Crippen molar-refractivity contribution >= 4 is 5.69 Å². The summed E-state index contributed by atoms with van der Waals surface area (Å²) >= 11 is 0. The Morgan fingerprint density at radius 3 is 3.00 bits per heavy atom. The molecule has 2 N–H and O–H groups in total. The van der Waals surface area contributed by atoms with Crippen LogP contribution in [-0.2, 0) is 11.3 Å². The minimum absolute atomic E-state index is 0.231. The molecule has 4 heteroatoms. The van der Waals surface area contributed by atoms with E-state index in [0.717, 1.165) is 19.6 Å². The van der Waals surface area contributed by atoms with Crippen LogP contribution >= 0.6 is 0 Å². The van der Waals surface area contributed by atoms with Crippen molar-refractivity contribution in [2.45, 2.75) is 19.0 Å². The number of nitrogens with two attached hydrogens (primary N) is 1. The maximum atomic E-state index is 13.6. The number of rotatable bonds is 3. The molecule has 2 rings (SSSR count). The summed E-state index contributed by atoms with van der Waals surface area (Å²) in [6, 6.07) is 5.25. The molecule has 1 fully saturated rings. The van der Waals surface area contributed by atoms with E-state index in [1.54, 1.807) is 12.1 Å². The molecule has 3 nitrogen and oxygen atoms in total. The van der Waals surface area contributed by atoms with Gasteiger partial charge in [0.05, 0.1) is 6.61 Å². The zero-order chi connectivity index (χ0) is 11.5. The number of ether oxygens (including phenoxy) is 1. The summed E-state index contributed by atoms with van der Waals surface area (Å²) in [5, 5.41) is 0. The van der Waals surface area contributed by atoms with Gasteiger partial charge in [-0.3, -0.25) is 4.90 Å². The van der Waals surface area contributed by atoms with Gasteiger partial charge in [-0.25, -0.2) is 4.39 Å². The molecule has 1 heterocycles. The molecular weight excluding hydrogens is 207 g/mol. The largest absolute Gasteiger partial charge is 0.399 e. The van der Waals surface area contributed by atoms with Gasteiger partial charge < -0.3 is 10.5 Å². The van der Waals surface area contributed by atoms with Gasteiger partial charge in [0.15, 0.2) is 0 Å². The van der Waals surface area contributed by atoms with Gasteiger partial charge in [0.2, 0.25) is 0 Å². The van der Waals surface area contributed by atoms with E-state index in [1.807, 2.05) is 7.05 Å². The highest BCUT2D eigenvalue weighted by Gasteiger charge is 2.20. The van der Waals surface area contributed by atoms with Gasteiger partial charge in [0, 0.05) is 30.4 Å². The lowest BCUT2D eigenvalue weighted by Crippen LogP contribution is -2.31. The monoisotopic (exact) mass is 224 g/mol. The quantitative estimate of drug-likeness (QED) is 0.793. The number of hydrogen-bond acceptors (Lipinski definition) is 3. The number of nitrogen functional groups attached to an aromatic ring is 1. The molecular formula is C12H17FN2O. The van der Waals surface area contributed by atoms with Crippen LogP contribution in [0.1, 0.15) is 12.0 Å². The maximum Gasteiger partial charge on any atom is 0.129 e. The highest BCUT2D eigenvalue weighted by Crippen LogP contribution is 2.17. The fraction of sp³-hybridized carbons (Fsp3) is 0.500. The Hall–Kier alpha value is -1.13. The molecule has 0 amide bonds. The molecule has 1 unspecified atom stereocenters. The third kappa shape index (κ3) is 2.51.